The molecule has 0 saturated heterocycles. The first kappa shape index (κ1) is 24.7. The molecule has 2 N–H and O–H groups in total. The number of allylic oxidation sites excluding steroid dienone is 4. The predicted molar refractivity (Wildman–Crippen MR) is 141 cm³/mol. The van der Waals surface area contributed by atoms with Crippen molar-refractivity contribution in [3.63, 3.8) is 0 Å². The summed E-state index contributed by atoms with van der Waals surface area (Å²) in [5.74, 6) is 0.313. The highest BCUT2D eigenvalue weighted by atomic mass is 32.2. The number of aromatic nitrogens is 2. The van der Waals surface area contributed by atoms with E-state index in [1.807, 2.05) is 30.5 Å². The highest BCUT2D eigenvalue weighted by molar-refractivity contribution is 7.98. The number of nitrogens with zero attached hydrogens (tertiary/aromatic N) is 2. The fourth-order valence-corrected chi connectivity index (χ4v) is 7.28. The third-order valence-electron chi connectivity index (χ3n) is 8.30. The van der Waals surface area contributed by atoms with E-state index in [1.165, 1.54) is 23.9 Å². The van der Waals surface area contributed by atoms with E-state index in [0.717, 1.165) is 28.4 Å². The lowest BCUT2D eigenvalue weighted by molar-refractivity contribution is 0.0996. The Balaban J connectivity index is 1.42. The van der Waals surface area contributed by atoms with E-state index in [0.29, 0.717) is 17.3 Å². The summed E-state index contributed by atoms with van der Waals surface area (Å²) in [6.07, 6.45) is 7.97. The molecule has 1 spiro atoms. The van der Waals surface area contributed by atoms with Crippen molar-refractivity contribution in [1.29, 1.82) is 0 Å². The summed E-state index contributed by atoms with van der Waals surface area (Å²) in [5.41, 5.74) is 7.26. The van der Waals surface area contributed by atoms with Crippen LogP contribution in [0.15, 0.2) is 71.8 Å². The average molecular weight is 536 g/mol. The maximum atomic E-state index is 14.3. The second kappa shape index (κ2) is 8.73. The molecule has 2 aliphatic carbocycles. The van der Waals surface area contributed by atoms with Crippen LogP contribution in [0.25, 0.3) is 0 Å². The van der Waals surface area contributed by atoms with Crippen molar-refractivity contribution in [2.24, 2.45) is 17.6 Å². The maximum absolute atomic E-state index is 14.3. The van der Waals surface area contributed by atoms with E-state index in [4.69, 9.17) is 20.2 Å². The number of hydrogen-bond acceptors (Lipinski definition) is 5. The van der Waals surface area contributed by atoms with Crippen molar-refractivity contribution in [2.75, 3.05) is 14.2 Å². The van der Waals surface area contributed by atoms with E-state index >= 15 is 0 Å². The molecule has 1 aromatic heterocycles. The highest BCUT2D eigenvalue weighted by Gasteiger charge is 2.70. The molecule has 0 radical (unpaired) electrons. The molecule has 1 aliphatic heterocycles. The Morgan fingerprint density at radius 3 is 2.71 bits per heavy atom. The third kappa shape index (κ3) is 3.51. The van der Waals surface area contributed by atoms with Gasteiger partial charge < -0.3 is 19.8 Å². The van der Waals surface area contributed by atoms with Gasteiger partial charge in [-0.15, -0.1) is 0 Å². The van der Waals surface area contributed by atoms with Gasteiger partial charge in [-0.1, -0.05) is 30.0 Å². The molecule has 0 bridgehead atoms. The zero-order chi connectivity index (χ0) is 26.8. The molecular weight excluding hydrogens is 508 g/mol. The first-order valence-corrected chi connectivity index (χ1v) is 13.3. The fraction of sp³-hybridized carbons (Fsp3) is 0.310. The van der Waals surface area contributed by atoms with Crippen molar-refractivity contribution in [1.82, 2.24) is 9.55 Å². The van der Waals surface area contributed by atoms with Crippen LogP contribution >= 0.6 is 11.8 Å². The Kier molecular flexibility index (Phi) is 5.68. The second-order valence-electron chi connectivity index (χ2n) is 10.2. The Hall–Kier alpha value is -3.59. The smallest absolute Gasteiger partial charge is 0.251 e. The number of halogens is 2. The Morgan fingerprint density at radius 1 is 1.18 bits per heavy atom. The van der Waals surface area contributed by atoms with Crippen molar-refractivity contribution in [3.05, 3.63) is 94.9 Å². The van der Waals surface area contributed by atoms with Gasteiger partial charge in [0.15, 0.2) is 16.7 Å². The molecule has 38 heavy (non-hydrogen) atoms. The highest BCUT2D eigenvalue weighted by Crippen LogP contribution is 2.69. The van der Waals surface area contributed by atoms with Crippen LogP contribution < -0.4 is 15.2 Å². The SMILES string of the molecule is COc1ccc(C2(C)CC3C4C=C(F)C=CC43n3c2cnc3SCc2ccc(F)c(C(N)=O)c2)cc1OC. The van der Waals surface area contributed by atoms with Gasteiger partial charge in [-0.05, 0) is 66.8 Å². The van der Waals surface area contributed by atoms with Crippen LogP contribution in [0, 0.1) is 17.7 Å². The predicted octanol–water partition coefficient (Wildman–Crippen LogP) is 5.50. The average Bonchev–Trinajstić information content (AvgIpc) is 3.31. The number of thioether (sulfide) groups is 1. The molecule has 4 unspecified atom stereocenters. The summed E-state index contributed by atoms with van der Waals surface area (Å²) < 4.78 is 41.6. The molecule has 1 amide bonds. The van der Waals surface area contributed by atoms with Crippen LogP contribution in [0.5, 0.6) is 11.5 Å². The Bertz CT molecular complexity index is 1530. The lowest BCUT2D eigenvalue weighted by atomic mass is 9.72. The normalized spacial score (nSPS) is 26.6. The number of imidazole rings is 1. The molecule has 6 nitrogen and oxygen atoms in total. The van der Waals surface area contributed by atoms with Crippen molar-refractivity contribution >= 4 is 17.7 Å². The Morgan fingerprint density at radius 2 is 1.97 bits per heavy atom. The minimum Gasteiger partial charge on any atom is -0.493 e. The van der Waals surface area contributed by atoms with E-state index in [9.17, 15) is 13.6 Å². The first-order chi connectivity index (χ1) is 18.2. The van der Waals surface area contributed by atoms with Crippen LogP contribution in [-0.2, 0) is 16.7 Å². The van der Waals surface area contributed by atoms with Crippen LogP contribution in [0.4, 0.5) is 8.78 Å². The first-order valence-electron chi connectivity index (χ1n) is 12.3. The van der Waals surface area contributed by atoms with E-state index < -0.39 is 17.1 Å². The number of benzene rings is 2. The van der Waals surface area contributed by atoms with Crippen LogP contribution in [0.2, 0.25) is 0 Å². The molecule has 1 fully saturated rings. The van der Waals surface area contributed by atoms with Crippen LogP contribution in [0.3, 0.4) is 0 Å². The molecule has 2 heterocycles. The van der Waals surface area contributed by atoms with Crippen molar-refractivity contribution in [2.45, 2.75) is 35.2 Å². The fourth-order valence-electron chi connectivity index (χ4n) is 6.29. The van der Waals surface area contributed by atoms with Gasteiger partial charge in [0.2, 0.25) is 0 Å². The van der Waals surface area contributed by atoms with Gasteiger partial charge in [-0.2, -0.15) is 0 Å². The molecule has 3 aromatic rings. The monoisotopic (exact) mass is 535 g/mol. The topological polar surface area (TPSA) is 79.4 Å². The molecular formula is C29H27F2N3O3S. The minimum absolute atomic E-state index is 0.0223. The number of rotatable bonds is 7. The number of fused-ring (bicyclic) bond motifs is 2. The Labute approximate surface area is 223 Å². The molecule has 2 aromatic carbocycles. The second-order valence-corrected chi connectivity index (χ2v) is 11.2. The molecule has 6 rings (SSSR count). The number of methoxy groups -OCH3 is 2. The zero-order valence-electron chi connectivity index (χ0n) is 21.2. The summed E-state index contributed by atoms with van der Waals surface area (Å²) in [4.78, 5) is 16.4. The summed E-state index contributed by atoms with van der Waals surface area (Å²) in [7, 11) is 3.23. The molecule has 4 atom stereocenters. The molecule has 1 saturated carbocycles. The van der Waals surface area contributed by atoms with Crippen molar-refractivity contribution < 1.29 is 23.0 Å². The lowest BCUT2D eigenvalue weighted by Crippen LogP contribution is -2.37. The van der Waals surface area contributed by atoms with E-state index in [-0.39, 0.29) is 28.8 Å². The number of carbonyl (C=O) groups is 1. The number of nitrogens with two attached hydrogens (primary N) is 1. The zero-order valence-corrected chi connectivity index (χ0v) is 22.0. The van der Waals surface area contributed by atoms with Gasteiger partial charge >= 0.3 is 0 Å². The maximum Gasteiger partial charge on any atom is 0.251 e. The summed E-state index contributed by atoms with van der Waals surface area (Å²) in [6, 6.07) is 10.3. The summed E-state index contributed by atoms with van der Waals surface area (Å²) >= 11 is 1.50. The van der Waals surface area contributed by atoms with Crippen molar-refractivity contribution in [3.8, 4) is 11.5 Å². The lowest BCUT2D eigenvalue weighted by Gasteiger charge is -2.39. The number of carbonyl (C=O) groups excluding carboxylic acids is 1. The molecule has 196 valence electrons. The van der Waals surface area contributed by atoms with Gasteiger partial charge in [0.25, 0.3) is 5.91 Å². The quantitative estimate of drug-likeness (QED) is 0.404. The number of amides is 1. The minimum atomic E-state index is -0.804. The van der Waals surface area contributed by atoms with Gasteiger partial charge in [0, 0.05) is 22.8 Å². The molecule has 3 aliphatic rings. The number of ether oxygens (including phenoxy) is 2. The van der Waals surface area contributed by atoms with Crippen LogP contribution in [0.1, 0.15) is 40.5 Å². The largest absolute Gasteiger partial charge is 0.493 e. The standard InChI is InChI=1S/C29H27F2N3O3S/c1-28(17-5-7-23(36-2)24(11-17)37-3)13-21-20-12-18(30)8-9-29(20,21)34-25(28)14-33-27(34)38-15-16-4-6-22(31)19(10-16)26(32)35/h4-12,14,20-21H,13,15H2,1-3H3,(H2,32,35). The summed E-state index contributed by atoms with van der Waals surface area (Å²) in [6.45, 7) is 2.19. The third-order valence-corrected chi connectivity index (χ3v) is 9.32. The van der Waals surface area contributed by atoms with Gasteiger partial charge in [-0.25, -0.2) is 13.8 Å². The van der Waals surface area contributed by atoms with Gasteiger partial charge in [0.1, 0.15) is 11.6 Å². The van der Waals surface area contributed by atoms with Gasteiger partial charge in [0.05, 0.1) is 31.5 Å². The van der Waals surface area contributed by atoms with Crippen LogP contribution in [-0.4, -0.2) is 29.7 Å². The number of primary amides is 1. The van der Waals surface area contributed by atoms with Gasteiger partial charge in [-0.3, -0.25) is 4.79 Å². The number of hydrogen-bond donors (Lipinski definition) is 1. The van der Waals surface area contributed by atoms with E-state index in [2.05, 4.69) is 11.5 Å². The van der Waals surface area contributed by atoms with E-state index in [1.54, 1.807) is 32.4 Å². The summed E-state index contributed by atoms with van der Waals surface area (Å²) in [5, 5.41) is 0.782. The molecule has 9 heteroatoms.